The van der Waals surface area contributed by atoms with Crippen molar-refractivity contribution < 1.29 is 34.0 Å². The number of piperidine rings is 1. The second-order valence-electron chi connectivity index (χ2n) is 17.9. The van der Waals surface area contributed by atoms with Gasteiger partial charge in [0.15, 0.2) is 17.5 Å². The fourth-order valence-corrected chi connectivity index (χ4v) is 9.43. The first-order chi connectivity index (χ1) is 30.3. The first kappa shape index (κ1) is 42.6. The van der Waals surface area contributed by atoms with Crippen molar-refractivity contribution in [3.8, 4) is 22.9 Å². The van der Waals surface area contributed by atoms with Gasteiger partial charge in [0.25, 0.3) is 5.91 Å². The number of nitrogen functional groups attached to an aromatic ring is 1. The first-order valence-corrected chi connectivity index (χ1v) is 22.0. The smallest absolute Gasteiger partial charge is 0.258 e. The van der Waals surface area contributed by atoms with E-state index in [0.717, 1.165) is 43.9 Å². The monoisotopic (exact) mass is 865 g/mol. The molecule has 7 heterocycles. The Morgan fingerprint density at radius 1 is 0.857 bits per heavy atom. The van der Waals surface area contributed by atoms with Gasteiger partial charge < -0.3 is 45.4 Å². The zero-order valence-corrected chi connectivity index (χ0v) is 35.9. The van der Waals surface area contributed by atoms with Gasteiger partial charge in [0.05, 0.1) is 36.4 Å². The predicted molar refractivity (Wildman–Crippen MR) is 233 cm³/mol. The second kappa shape index (κ2) is 17.5. The number of hydrogen-bond acceptors (Lipinski definition) is 15. The van der Waals surface area contributed by atoms with Crippen LogP contribution >= 0.6 is 0 Å². The number of rotatable bonds is 10. The average molecular weight is 866 g/mol. The fraction of sp³-hybridized carbons (Fsp3) is 0.511. The van der Waals surface area contributed by atoms with Crippen molar-refractivity contribution in [1.82, 2.24) is 39.5 Å². The first-order valence-electron chi connectivity index (χ1n) is 22.0. The molecule has 9 rings (SSSR count). The molecular weight excluding hydrogens is 810 g/mol. The fourth-order valence-electron chi connectivity index (χ4n) is 9.43. The maximum atomic E-state index is 16.2. The topological polar surface area (TPSA) is 201 Å². The minimum Gasteiger partial charge on any atom is -0.508 e. The highest BCUT2D eigenvalue weighted by Gasteiger charge is 2.42. The molecule has 4 fully saturated rings. The highest BCUT2D eigenvalue weighted by Crippen LogP contribution is 2.37. The number of amides is 2. The van der Waals surface area contributed by atoms with Gasteiger partial charge in [0.2, 0.25) is 17.7 Å². The Morgan fingerprint density at radius 3 is 2.17 bits per heavy atom. The lowest BCUT2D eigenvalue weighted by atomic mass is 9.87. The third kappa shape index (κ3) is 8.94. The number of piperazine rings is 1. The molecular formula is C45H56FN11O6. The Hall–Kier alpha value is -5.69. The number of ether oxygens (including phenoxy) is 1. The molecule has 5 aliphatic rings. The minimum atomic E-state index is -1.20. The predicted octanol–water partition coefficient (Wildman–Crippen LogP) is 2.93. The molecule has 0 aliphatic carbocycles. The third-order valence-electron chi connectivity index (χ3n) is 13.4. The Morgan fingerprint density at radius 2 is 1.51 bits per heavy atom. The Bertz CT molecular complexity index is 2340. The molecule has 4 saturated heterocycles. The number of morpholine rings is 1. The lowest BCUT2D eigenvalue weighted by Gasteiger charge is -2.49. The maximum Gasteiger partial charge on any atom is 0.258 e. The van der Waals surface area contributed by atoms with Gasteiger partial charge in [-0.25, -0.2) is 19.9 Å². The van der Waals surface area contributed by atoms with Gasteiger partial charge >= 0.3 is 0 Å². The molecule has 0 spiro atoms. The van der Waals surface area contributed by atoms with E-state index >= 15 is 4.39 Å². The van der Waals surface area contributed by atoms with Crippen molar-refractivity contribution in [1.29, 1.82) is 0 Å². The summed E-state index contributed by atoms with van der Waals surface area (Å²) in [6.45, 7) is 13.0. The van der Waals surface area contributed by atoms with Crippen molar-refractivity contribution in [2.75, 3.05) is 94.2 Å². The molecule has 0 saturated carbocycles. The molecule has 2 amide bonds. The third-order valence-corrected chi connectivity index (χ3v) is 13.4. The van der Waals surface area contributed by atoms with Crippen molar-refractivity contribution in [2.24, 2.45) is 0 Å². The molecule has 0 bridgehead atoms. The van der Waals surface area contributed by atoms with Gasteiger partial charge in [0.1, 0.15) is 11.5 Å². The molecule has 0 radical (unpaired) electrons. The van der Waals surface area contributed by atoms with Crippen LogP contribution in [0.5, 0.6) is 11.5 Å². The Kier molecular flexibility index (Phi) is 11.8. The van der Waals surface area contributed by atoms with Crippen molar-refractivity contribution in [3.63, 3.8) is 0 Å². The molecule has 5 aliphatic heterocycles. The van der Waals surface area contributed by atoms with Gasteiger partial charge in [0, 0.05) is 110 Å². The van der Waals surface area contributed by atoms with Crippen LogP contribution in [0.25, 0.3) is 11.4 Å². The quantitative estimate of drug-likeness (QED) is 0.181. The van der Waals surface area contributed by atoms with Gasteiger partial charge in [-0.05, 0) is 47.1 Å². The summed E-state index contributed by atoms with van der Waals surface area (Å²) in [6, 6.07) is 9.55. The molecule has 2 aromatic heterocycles. The summed E-state index contributed by atoms with van der Waals surface area (Å²) in [7, 11) is 0. The summed E-state index contributed by atoms with van der Waals surface area (Å²) in [5.41, 5.74) is 9.22. The Balaban J connectivity index is 0.738. The molecule has 0 unspecified atom stereocenters. The van der Waals surface area contributed by atoms with E-state index in [9.17, 15) is 24.9 Å². The zero-order chi connectivity index (χ0) is 44.0. The lowest BCUT2D eigenvalue weighted by Crippen LogP contribution is -2.64. The summed E-state index contributed by atoms with van der Waals surface area (Å²) in [5.74, 6) is -0.379. The summed E-state index contributed by atoms with van der Waals surface area (Å²) in [4.78, 5) is 56.4. The number of carbonyl (C=O) groups excluding carboxylic acids is 2. The van der Waals surface area contributed by atoms with Gasteiger partial charge in [-0.15, -0.1) is 0 Å². The van der Waals surface area contributed by atoms with Crippen molar-refractivity contribution in [2.45, 2.75) is 70.3 Å². The van der Waals surface area contributed by atoms with Crippen LogP contribution < -0.4 is 15.5 Å². The van der Waals surface area contributed by atoms with Crippen LogP contribution in [0.1, 0.15) is 71.6 Å². The van der Waals surface area contributed by atoms with Gasteiger partial charge in [-0.1, -0.05) is 32.0 Å². The number of nitrogens with zero attached hydrogens (tertiary/aromatic N) is 10. The summed E-state index contributed by atoms with van der Waals surface area (Å²) in [6.07, 6.45) is 3.63. The summed E-state index contributed by atoms with van der Waals surface area (Å²) < 4.78 is 21.7. The number of aliphatic hydroxyl groups is 1. The average Bonchev–Trinajstić information content (AvgIpc) is 3.68. The van der Waals surface area contributed by atoms with E-state index in [1.54, 1.807) is 11.0 Å². The number of benzene rings is 2. The van der Waals surface area contributed by atoms with Crippen molar-refractivity contribution in [3.05, 3.63) is 76.4 Å². The Labute approximate surface area is 365 Å². The van der Waals surface area contributed by atoms with Gasteiger partial charge in [-0.2, -0.15) is 4.39 Å². The molecule has 0 atom stereocenters. The lowest BCUT2D eigenvalue weighted by molar-refractivity contribution is -0.145. The van der Waals surface area contributed by atoms with Crippen LogP contribution in [0.3, 0.4) is 0 Å². The number of fused-ring (bicyclic) bond motifs is 1. The van der Waals surface area contributed by atoms with Crippen molar-refractivity contribution >= 4 is 29.4 Å². The number of nitrogens with two attached hydrogens (primary N) is 1. The molecule has 2 aromatic carbocycles. The molecule has 5 N–H and O–H groups in total. The summed E-state index contributed by atoms with van der Waals surface area (Å²) in [5, 5.41) is 32.4. The highest BCUT2D eigenvalue weighted by molar-refractivity contribution is 5.97. The van der Waals surface area contributed by atoms with Crippen LogP contribution in [0.4, 0.5) is 22.0 Å². The normalized spacial score (nSPS) is 19.7. The van der Waals surface area contributed by atoms with E-state index in [1.807, 2.05) is 28.5 Å². The summed E-state index contributed by atoms with van der Waals surface area (Å²) >= 11 is 0. The maximum absolute atomic E-state index is 16.2. The van der Waals surface area contributed by atoms with E-state index in [-0.39, 0.29) is 70.7 Å². The second-order valence-corrected chi connectivity index (χ2v) is 17.9. The standard InChI is InChI=1S/C45H56FN11O6/c1-28(2)34-18-35(37(59)19-36(34)58)43(61)57-24-30-4-3-29(17-31(30)25-57)23-52-9-11-53(12-10-52)33-26-56(27-33)38(60)20-45(62)5-7-54(8-6-45)41-39(46)42(55-13-15-63-16-14-55)51-40(50-41)32-21-48-44(47)49-22-32/h3-4,17-19,21-22,28,33,58-59,62H,5-16,20,23-27H2,1-2H3,(H2,47,48,49). The number of likely N-dealkylation sites (tertiary alicyclic amines) is 1. The van der Waals surface area contributed by atoms with E-state index in [4.69, 9.17) is 10.5 Å². The van der Waals surface area contributed by atoms with Crippen LogP contribution in [-0.4, -0.2) is 157 Å². The van der Waals surface area contributed by atoms with E-state index in [0.29, 0.717) is 89.5 Å². The number of halogens is 1. The van der Waals surface area contributed by atoms with Crippen LogP contribution in [0.2, 0.25) is 0 Å². The van der Waals surface area contributed by atoms with Crippen LogP contribution in [0, 0.1) is 5.82 Å². The van der Waals surface area contributed by atoms with E-state index < -0.39 is 11.4 Å². The molecule has 17 nitrogen and oxygen atoms in total. The number of carbonyl (C=O) groups is 2. The SMILES string of the molecule is CC(C)c1cc(C(=O)N2Cc3ccc(CN4CCN(C5CN(C(=O)CC6(O)CCN(c7nc(-c8cnc(N)nc8)nc(N8CCOCC8)c7F)CC6)C5)CC4)cc3C2)c(O)cc1O. The number of anilines is 3. The highest BCUT2D eigenvalue weighted by atomic mass is 19.1. The largest absolute Gasteiger partial charge is 0.508 e. The number of phenols is 2. The number of phenolic OH excluding ortho intramolecular Hbond substituents is 2. The van der Waals surface area contributed by atoms with E-state index in [2.05, 4.69) is 47.9 Å². The van der Waals surface area contributed by atoms with Crippen LogP contribution in [0.15, 0.2) is 42.7 Å². The van der Waals surface area contributed by atoms with E-state index in [1.165, 1.54) is 24.0 Å². The number of aromatic hydroxyl groups is 2. The number of aromatic nitrogens is 4. The van der Waals surface area contributed by atoms with Gasteiger partial charge in [-0.3, -0.25) is 19.4 Å². The minimum absolute atomic E-state index is 0.00398. The molecule has 63 heavy (non-hydrogen) atoms. The molecule has 4 aromatic rings. The number of hydrogen-bond donors (Lipinski definition) is 4. The molecule has 334 valence electrons. The zero-order valence-electron chi connectivity index (χ0n) is 35.9. The molecule has 18 heteroatoms. The van der Waals surface area contributed by atoms with Crippen LogP contribution in [-0.2, 0) is 29.2 Å².